The van der Waals surface area contributed by atoms with Gasteiger partial charge in [-0.15, -0.1) is 0 Å². The van der Waals surface area contributed by atoms with E-state index in [0.717, 1.165) is 33.4 Å². The Hall–Kier alpha value is -5.67. The van der Waals surface area contributed by atoms with E-state index in [2.05, 4.69) is 161 Å². The molecule has 0 aliphatic rings. The van der Waals surface area contributed by atoms with Crippen molar-refractivity contribution in [3.63, 3.8) is 0 Å². The maximum Gasteiger partial charge on any atom is 0.138 e. The van der Waals surface area contributed by atoms with Crippen molar-refractivity contribution in [2.24, 2.45) is 0 Å². The van der Waals surface area contributed by atoms with Crippen molar-refractivity contribution in [2.45, 2.75) is 0 Å². The fourth-order valence-corrected chi connectivity index (χ4v) is 6.66. The Kier molecular flexibility index (Phi) is 4.90. The van der Waals surface area contributed by atoms with E-state index >= 15 is 0 Å². The molecule has 0 amide bonds. The predicted octanol–water partition coefficient (Wildman–Crippen LogP) is 10.1. The number of hydrogen-bond donors (Lipinski definition) is 0. The molecule has 0 aliphatic carbocycles. The van der Waals surface area contributed by atoms with Crippen LogP contribution in [0.15, 0.2) is 152 Å². The van der Waals surface area contributed by atoms with E-state index in [4.69, 9.17) is 4.98 Å². The lowest BCUT2D eigenvalue weighted by atomic mass is 10.0. The minimum Gasteiger partial charge on any atom is -0.309 e. The second kappa shape index (κ2) is 8.92. The molecule has 0 N–H and O–H groups in total. The number of aromatic nitrogens is 3. The van der Waals surface area contributed by atoms with Gasteiger partial charge in [-0.2, -0.15) is 0 Å². The Morgan fingerprint density at radius 1 is 0.429 bits per heavy atom. The molecule has 0 fully saturated rings. The summed E-state index contributed by atoms with van der Waals surface area (Å²) in [4.78, 5) is 5.12. The van der Waals surface area contributed by atoms with Gasteiger partial charge in [-0.1, -0.05) is 103 Å². The molecule has 3 aromatic heterocycles. The summed E-state index contributed by atoms with van der Waals surface area (Å²) in [6.45, 7) is 0. The number of benzene rings is 6. The smallest absolute Gasteiger partial charge is 0.138 e. The van der Waals surface area contributed by atoms with Gasteiger partial charge in [0.2, 0.25) is 0 Å². The molecular formula is C39H25N3. The van der Waals surface area contributed by atoms with Crippen LogP contribution in [0.1, 0.15) is 0 Å². The number of para-hydroxylation sites is 3. The highest BCUT2D eigenvalue weighted by Crippen LogP contribution is 2.42. The van der Waals surface area contributed by atoms with E-state index in [1.807, 2.05) is 0 Å². The van der Waals surface area contributed by atoms with Crippen LogP contribution in [0, 0.1) is 0 Å². The molecule has 0 atom stereocenters. The minimum absolute atomic E-state index is 0.924. The summed E-state index contributed by atoms with van der Waals surface area (Å²) in [5.41, 5.74) is 9.27. The zero-order valence-corrected chi connectivity index (χ0v) is 22.8. The predicted molar refractivity (Wildman–Crippen MR) is 176 cm³/mol. The highest BCUT2D eigenvalue weighted by molar-refractivity contribution is 6.26. The van der Waals surface area contributed by atoms with Gasteiger partial charge in [-0.05, 0) is 59.7 Å². The molecule has 0 spiro atoms. The number of pyridine rings is 1. The van der Waals surface area contributed by atoms with Crippen molar-refractivity contribution in [3.05, 3.63) is 152 Å². The van der Waals surface area contributed by atoms with Crippen LogP contribution in [0.2, 0.25) is 0 Å². The van der Waals surface area contributed by atoms with Gasteiger partial charge < -0.3 is 4.57 Å². The first-order valence-electron chi connectivity index (χ1n) is 14.3. The fraction of sp³-hybridized carbons (Fsp3) is 0. The summed E-state index contributed by atoms with van der Waals surface area (Å²) >= 11 is 0. The molecule has 42 heavy (non-hydrogen) atoms. The summed E-state index contributed by atoms with van der Waals surface area (Å²) in [6.07, 6.45) is 0. The third-order valence-corrected chi connectivity index (χ3v) is 8.49. The Morgan fingerprint density at radius 2 is 1.14 bits per heavy atom. The third kappa shape index (κ3) is 3.31. The molecular weight excluding hydrogens is 510 g/mol. The Labute approximate surface area is 242 Å². The number of hydrogen-bond acceptors (Lipinski definition) is 1. The molecule has 9 aromatic rings. The van der Waals surface area contributed by atoms with Crippen LogP contribution in [0.5, 0.6) is 0 Å². The Morgan fingerprint density at radius 3 is 2.02 bits per heavy atom. The standard InChI is InChI=1S/C39H25N3/c1-2-11-26(12-3-1)28-14-10-15-29(25-28)41-34-19-8-5-16-30(34)31-22-23-36-38(39(31)41)32-17-6-9-20-35(32)42(36)37-24-21-27-13-4-7-18-33(27)40-37/h1-25H. The molecule has 3 heteroatoms. The number of nitrogens with zero attached hydrogens (tertiary/aromatic N) is 3. The van der Waals surface area contributed by atoms with Crippen LogP contribution < -0.4 is 0 Å². The van der Waals surface area contributed by atoms with Crippen molar-refractivity contribution in [2.75, 3.05) is 0 Å². The molecule has 3 nitrogen and oxygen atoms in total. The molecule has 0 unspecified atom stereocenters. The molecule has 0 saturated carbocycles. The largest absolute Gasteiger partial charge is 0.309 e. The number of fused-ring (bicyclic) bond motifs is 8. The highest BCUT2D eigenvalue weighted by atomic mass is 15.1. The zero-order chi connectivity index (χ0) is 27.6. The SMILES string of the molecule is c1ccc(-c2cccc(-n3c4ccccc4c4ccc5c(c6ccccc6n5-c5ccc6ccccc6n5)c43)c2)cc1. The lowest BCUT2D eigenvalue weighted by molar-refractivity contribution is 1.10. The van der Waals surface area contributed by atoms with Crippen molar-refractivity contribution in [3.8, 4) is 22.6 Å². The van der Waals surface area contributed by atoms with E-state index in [-0.39, 0.29) is 0 Å². The topological polar surface area (TPSA) is 22.8 Å². The van der Waals surface area contributed by atoms with E-state index < -0.39 is 0 Å². The second-order valence-electron chi connectivity index (χ2n) is 10.8. The van der Waals surface area contributed by atoms with Crippen LogP contribution in [0.4, 0.5) is 0 Å². The molecule has 3 heterocycles. The number of rotatable bonds is 3. The van der Waals surface area contributed by atoms with Crippen molar-refractivity contribution in [1.29, 1.82) is 0 Å². The lowest BCUT2D eigenvalue weighted by Crippen LogP contribution is -1.98. The van der Waals surface area contributed by atoms with Gasteiger partial charge in [0.25, 0.3) is 0 Å². The van der Waals surface area contributed by atoms with Gasteiger partial charge >= 0.3 is 0 Å². The summed E-state index contributed by atoms with van der Waals surface area (Å²) in [5, 5.41) is 6.09. The Bertz CT molecular complexity index is 2460. The first-order chi connectivity index (χ1) is 20.8. The molecule has 0 radical (unpaired) electrons. The van der Waals surface area contributed by atoms with E-state index in [1.165, 1.54) is 43.7 Å². The monoisotopic (exact) mass is 535 g/mol. The van der Waals surface area contributed by atoms with E-state index in [0.29, 0.717) is 0 Å². The molecule has 9 rings (SSSR count). The molecule has 0 saturated heterocycles. The average Bonchev–Trinajstić information content (AvgIpc) is 3.58. The normalized spacial score (nSPS) is 11.8. The van der Waals surface area contributed by atoms with Crippen molar-refractivity contribution >= 4 is 54.5 Å². The minimum atomic E-state index is 0.924. The average molecular weight is 536 g/mol. The van der Waals surface area contributed by atoms with Gasteiger partial charge in [-0.25, -0.2) is 4.98 Å². The maximum atomic E-state index is 5.12. The van der Waals surface area contributed by atoms with Gasteiger partial charge in [-0.3, -0.25) is 4.57 Å². The third-order valence-electron chi connectivity index (χ3n) is 8.49. The molecule has 6 aromatic carbocycles. The van der Waals surface area contributed by atoms with Crippen LogP contribution in [-0.4, -0.2) is 14.1 Å². The van der Waals surface area contributed by atoms with Crippen LogP contribution in [-0.2, 0) is 0 Å². The molecule has 0 aliphatic heterocycles. The zero-order valence-electron chi connectivity index (χ0n) is 22.8. The fourth-order valence-electron chi connectivity index (χ4n) is 6.66. The summed E-state index contributed by atoms with van der Waals surface area (Å²) in [6, 6.07) is 54.2. The maximum absolute atomic E-state index is 5.12. The van der Waals surface area contributed by atoms with E-state index in [1.54, 1.807) is 0 Å². The quantitative estimate of drug-likeness (QED) is 0.221. The summed E-state index contributed by atoms with van der Waals surface area (Å²) in [5.74, 6) is 0.924. The first-order valence-corrected chi connectivity index (χ1v) is 14.3. The van der Waals surface area contributed by atoms with Gasteiger partial charge in [0, 0.05) is 32.6 Å². The van der Waals surface area contributed by atoms with Crippen molar-refractivity contribution < 1.29 is 0 Å². The van der Waals surface area contributed by atoms with Crippen LogP contribution in [0.25, 0.3) is 77.1 Å². The Balaban J connectivity index is 1.42. The molecule has 196 valence electrons. The summed E-state index contributed by atoms with van der Waals surface area (Å²) < 4.78 is 4.77. The van der Waals surface area contributed by atoms with Crippen molar-refractivity contribution in [1.82, 2.24) is 14.1 Å². The van der Waals surface area contributed by atoms with Gasteiger partial charge in [0.15, 0.2) is 0 Å². The highest BCUT2D eigenvalue weighted by Gasteiger charge is 2.21. The second-order valence-corrected chi connectivity index (χ2v) is 10.8. The first kappa shape index (κ1) is 23.1. The van der Waals surface area contributed by atoms with E-state index in [9.17, 15) is 0 Å². The van der Waals surface area contributed by atoms with Crippen LogP contribution >= 0.6 is 0 Å². The molecule has 0 bridgehead atoms. The lowest BCUT2D eigenvalue weighted by Gasteiger charge is -2.12. The van der Waals surface area contributed by atoms with Crippen LogP contribution in [0.3, 0.4) is 0 Å². The summed E-state index contributed by atoms with van der Waals surface area (Å²) in [7, 11) is 0. The van der Waals surface area contributed by atoms with Gasteiger partial charge in [0.05, 0.1) is 27.6 Å². The van der Waals surface area contributed by atoms with Gasteiger partial charge in [0.1, 0.15) is 5.82 Å².